The van der Waals surface area contributed by atoms with Crippen LogP contribution in [0.4, 0.5) is 17.1 Å². The molecule has 0 aliphatic heterocycles. The average molecular weight is 790 g/mol. The van der Waals surface area contributed by atoms with Crippen molar-refractivity contribution in [3.8, 4) is 44.5 Å². The summed E-state index contributed by atoms with van der Waals surface area (Å²) >= 11 is 0. The van der Waals surface area contributed by atoms with Crippen LogP contribution in [0.25, 0.3) is 98.8 Å². The van der Waals surface area contributed by atoms with Crippen LogP contribution < -0.4 is 4.90 Å². The Kier molecular flexibility index (Phi) is 8.53. The number of para-hydroxylation sites is 1. The van der Waals surface area contributed by atoms with Gasteiger partial charge in [0.1, 0.15) is 11.2 Å². The Labute approximate surface area is 360 Å². The summed E-state index contributed by atoms with van der Waals surface area (Å²) in [5, 5.41) is 9.78. The molecule has 0 spiro atoms. The topological polar surface area (TPSA) is 16.4 Å². The summed E-state index contributed by atoms with van der Waals surface area (Å²) in [6.45, 7) is 0. The van der Waals surface area contributed by atoms with Crippen molar-refractivity contribution >= 4 is 71.3 Å². The van der Waals surface area contributed by atoms with Gasteiger partial charge in [0.15, 0.2) is 0 Å². The molecule has 0 unspecified atom stereocenters. The maximum absolute atomic E-state index is 6.82. The quantitative estimate of drug-likeness (QED) is 0.150. The number of hydrogen-bond donors (Lipinski definition) is 0. The molecular formula is C60H39NO. The van der Waals surface area contributed by atoms with E-state index in [1.807, 2.05) is 0 Å². The molecule has 0 saturated heterocycles. The minimum absolute atomic E-state index is 0.864. The largest absolute Gasteiger partial charge is 0.455 e. The van der Waals surface area contributed by atoms with Gasteiger partial charge in [-0.15, -0.1) is 0 Å². The van der Waals surface area contributed by atoms with Gasteiger partial charge in [-0.3, -0.25) is 0 Å². The molecule has 1 heterocycles. The van der Waals surface area contributed by atoms with Crippen molar-refractivity contribution in [1.29, 1.82) is 0 Å². The molecule has 0 N–H and O–H groups in total. The number of benzene rings is 11. The summed E-state index contributed by atoms with van der Waals surface area (Å²) in [5.74, 6) is 0. The summed E-state index contributed by atoms with van der Waals surface area (Å²) in [6.07, 6.45) is 0. The predicted octanol–water partition coefficient (Wildman–Crippen LogP) is 17.2. The Balaban J connectivity index is 1.07. The number of furan rings is 1. The molecule has 12 rings (SSSR count). The zero-order valence-corrected chi connectivity index (χ0v) is 33.9. The van der Waals surface area contributed by atoms with Crippen LogP contribution in [-0.2, 0) is 0 Å². The van der Waals surface area contributed by atoms with E-state index in [2.05, 4.69) is 241 Å². The van der Waals surface area contributed by atoms with E-state index in [1.165, 1.54) is 49.0 Å². The zero-order chi connectivity index (χ0) is 41.0. The van der Waals surface area contributed by atoms with Gasteiger partial charge in [-0.2, -0.15) is 0 Å². The normalized spacial score (nSPS) is 11.5. The van der Waals surface area contributed by atoms with Crippen molar-refractivity contribution < 1.29 is 4.42 Å². The first-order valence-electron chi connectivity index (χ1n) is 21.2. The van der Waals surface area contributed by atoms with E-state index >= 15 is 0 Å². The molecule has 0 saturated carbocycles. The standard InChI is InChI=1S/C60H39NO/c1-3-16-40(17-4-1)42-20-13-21-43(36-42)44-22-14-24-47(37-44)61(57-35-34-49(41-18-5-2-6-19-41)60-59(57)55-30-11-12-31-58(55)62-60)48-25-15-23-45(38-48)46-32-33-54-52-28-8-7-26-50(52)51-27-9-10-29-53(51)56(54)39-46/h1-39H. The third-order valence-electron chi connectivity index (χ3n) is 12.4. The molecule has 0 radical (unpaired) electrons. The lowest BCUT2D eigenvalue weighted by molar-refractivity contribution is 0.670. The molecule has 0 bridgehead atoms. The van der Waals surface area contributed by atoms with E-state index in [0.29, 0.717) is 0 Å². The lowest BCUT2D eigenvalue weighted by atomic mass is 9.92. The first-order chi connectivity index (χ1) is 30.7. The Hall–Kier alpha value is -8.20. The number of anilines is 3. The Morgan fingerprint density at radius 3 is 1.35 bits per heavy atom. The van der Waals surface area contributed by atoms with Gasteiger partial charge >= 0.3 is 0 Å². The molecule has 2 nitrogen and oxygen atoms in total. The van der Waals surface area contributed by atoms with Crippen LogP contribution in [0.15, 0.2) is 241 Å². The van der Waals surface area contributed by atoms with Gasteiger partial charge < -0.3 is 9.32 Å². The zero-order valence-electron chi connectivity index (χ0n) is 33.9. The smallest absolute Gasteiger partial charge is 0.145 e. The molecule has 290 valence electrons. The van der Waals surface area contributed by atoms with E-state index in [-0.39, 0.29) is 0 Å². The van der Waals surface area contributed by atoms with E-state index < -0.39 is 0 Å². The molecule has 0 aliphatic carbocycles. The monoisotopic (exact) mass is 789 g/mol. The van der Waals surface area contributed by atoms with Gasteiger partial charge in [0.2, 0.25) is 0 Å². The van der Waals surface area contributed by atoms with Gasteiger partial charge in [0.05, 0.1) is 11.1 Å². The molecule has 0 aliphatic rings. The summed E-state index contributed by atoms with van der Waals surface area (Å²) in [6, 6.07) is 85.4. The molecule has 2 heteroatoms. The summed E-state index contributed by atoms with van der Waals surface area (Å²) in [4.78, 5) is 2.41. The average Bonchev–Trinajstić information content (AvgIpc) is 3.75. The molecule has 0 fully saturated rings. The third-order valence-corrected chi connectivity index (χ3v) is 12.4. The molecule has 12 aromatic rings. The highest BCUT2D eigenvalue weighted by atomic mass is 16.3. The van der Waals surface area contributed by atoms with Crippen molar-refractivity contribution in [3.05, 3.63) is 237 Å². The second-order valence-corrected chi connectivity index (χ2v) is 16.0. The Morgan fingerprint density at radius 1 is 0.274 bits per heavy atom. The van der Waals surface area contributed by atoms with E-state index in [9.17, 15) is 0 Å². The second kappa shape index (κ2) is 14.8. The lowest BCUT2D eigenvalue weighted by Gasteiger charge is -2.28. The second-order valence-electron chi connectivity index (χ2n) is 16.0. The predicted molar refractivity (Wildman–Crippen MR) is 263 cm³/mol. The minimum Gasteiger partial charge on any atom is -0.455 e. The molecule has 62 heavy (non-hydrogen) atoms. The fourth-order valence-corrected chi connectivity index (χ4v) is 9.51. The number of rotatable bonds is 7. The van der Waals surface area contributed by atoms with E-state index in [4.69, 9.17) is 4.42 Å². The Morgan fingerprint density at radius 2 is 0.726 bits per heavy atom. The fourth-order valence-electron chi connectivity index (χ4n) is 9.51. The maximum Gasteiger partial charge on any atom is 0.145 e. The van der Waals surface area contributed by atoms with Crippen molar-refractivity contribution in [2.75, 3.05) is 4.90 Å². The first kappa shape index (κ1) is 35.7. The lowest BCUT2D eigenvalue weighted by Crippen LogP contribution is -2.10. The van der Waals surface area contributed by atoms with E-state index in [0.717, 1.165) is 66.8 Å². The minimum atomic E-state index is 0.864. The number of fused-ring (bicyclic) bond motifs is 9. The van der Waals surface area contributed by atoms with Gasteiger partial charge in [-0.05, 0) is 126 Å². The van der Waals surface area contributed by atoms with Gasteiger partial charge in [0, 0.05) is 22.3 Å². The van der Waals surface area contributed by atoms with Crippen molar-refractivity contribution in [3.63, 3.8) is 0 Å². The SMILES string of the molecule is c1ccc(-c2cccc(-c3cccc(N(c4cccc(-c5ccc6c7ccccc7c7ccccc7c6c5)c4)c4ccc(-c5ccccc5)c5oc6ccccc6c45)c3)c2)cc1. The van der Waals surface area contributed by atoms with Gasteiger partial charge in [0.25, 0.3) is 0 Å². The van der Waals surface area contributed by atoms with Crippen LogP contribution in [0.1, 0.15) is 0 Å². The van der Waals surface area contributed by atoms with Crippen LogP contribution >= 0.6 is 0 Å². The highest BCUT2D eigenvalue weighted by molar-refractivity contribution is 6.26. The molecule has 1 aromatic heterocycles. The maximum atomic E-state index is 6.82. The van der Waals surface area contributed by atoms with Gasteiger partial charge in [-0.25, -0.2) is 0 Å². The summed E-state index contributed by atoms with van der Waals surface area (Å²) in [5.41, 5.74) is 14.1. The van der Waals surface area contributed by atoms with Crippen molar-refractivity contribution in [2.24, 2.45) is 0 Å². The van der Waals surface area contributed by atoms with Crippen molar-refractivity contribution in [2.45, 2.75) is 0 Å². The number of nitrogens with zero attached hydrogens (tertiary/aromatic N) is 1. The highest BCUT2D eigenvalue weighted by Crippen LogP contribution is 2.47. The first-order valence-corrected chi connectivity index (χ1v) is 21.2. The van der Waals surface area contributed by atoms with Crippen LogP contribution in [0.3, 0.4) is 0 Å². The summed E-state index contributed by atoms with van der Waals surface area (Å²) in [7, 11) is 0. The Bertz CT molecular complexity index is 3600. The molecule has 0 atom stereocenters. The van der Waals surface area contributed by atoms with Crippen LogP contribution in [-0.4, -0.2) is 0 Å². The molecular weight excluding hydrogens is 751 g/mol. The fraction of sp³-hybridized carbons (Fsp3) is 0. The molecule has 11 aromatic carbocycles. The van der Waals surface area contributed by atoms with Crippen molar-refractivity contribution in [1.82, 2.24) is 0 Å². The van der Waals surface area contributed by atoms with Gasteiger partial charge in [-0.1, -0.05) is 182 Å². The number of hydrogen-bond acceptors (Lipinski definition) is 2. The third kappa shape index (κ3) is 6.04. The summed E-state index contributed by atoms with van der Waals surface area (Å²) < 4.78 is 6.82. The molecule has 0 amide bonds. The van der Waals surface area contributed by atoms with Crippen LogP contribution in [0, 0.1) is 0 Å². The highest BCUT2D eigenvalue weighted by Gasteiger charge is 2.23. The van der Waals surface area contributed by atoms with Crippen LogP contribution in [0.5, 0.6) is 0 Å². The van der Waals surface area contributed by atoms with E-state index in [1.54, 1.807) is 0 Å². The van der Waals surface area contributed by atoms with Crippen LogP contribution in [0.2, 0.25) is 0 Å².